The van der Waals surface area contributed by atoms with Gasteiger partial charge in [0.15, 0.2) is 5.13 Å². The average Bonchev–Trinajstić information content (AvgIpc) is 2.35. The van der Waals surface area contributed by atoms with Crippen LogP contribution < -0.4 is 4.72 Å². The van der Waals surface area contributed by atoms with E-state index in [1.807, 2.05) is 6.92 Å². The average molecular weight is 271 g/mol. The van der Waals surface area contributed by atoms with Gasteiger partial charge in [-0.05, 0) is 6.92 Å². The van der Waals surface area contributed by atoms with E-state index in [1.165, 1.54) is 11.3 Å². The Bertz CT molecular complexity index is 359. The molecule has 1 heterocycles. The van der Waals surface area contributed by atoms with E-state index in [-0.39, 0.29) is 4.66 Å². The molecule has 0 amide bonds. The molecular formula is C5H7BrN2O2S2. The van der Waals surface area contributed by atoms with Crippen molar-refractivity contribution in [2.24, 2.45) is 0 Å². The number of hydrogen-bond donors (Lipinski definition) is 1. The Balaban J connectivity index is 2.77. The maximum absolute atomic E-state index is 11.0. The third kappa shape index (κ3) is 2.72. The molecule has 1 aromatic heterocycles. The van der Waals surface area contributed by atoms with Crippen molar-refractivity contribution >= 4 is 42.4 Å². The van der Waals surface area contributed by atoms with E-state index in [2.05, 4.69) is 25.6 Å². The lowest BCUT2D eigenvalue weighted by Crippen LogP contribution is -2.12. The number of sulfonamides is 1. The first kappa shape index (κ1) is 9.94. The van der Waals surface area contributed by atoms with Gasteiger partial charge in [0.1, 0.15) is 4.66 Å². The molecule has 0 aliphatic carbocycles. The van der Waals surface area contributed by atoms with Crippen molar-refractivity contribution in [2.45, 2.75) is 6.92 Å². The Morgan fingerprint density at radius 3 is 2.83 bits per heavy atom. The Morgan fingerprint density at radius 2 is 2.42 bits per heavy atom. The molecule has 0 spiro atoms. The van der Waals surface area contributed by atoms with E-state index in [1.54, 1.807) is 6.20 Å². The van der Waals surface area contributed by atoms with E-state index < -0.39 is 10.0 Å². The Labute approximate surface area is 83.2 Å². The molecule has 12 heavy (non-hydrogen) atoms. The Kier molecular flexibility index (Phi) is 3.08. The molecule has 1 rings (SSSR count). The fraction of sp³-hybridized carbons (Fsp3) is 0.400. The van der Waals surface area contributed by atoms with Crippen LogP contribution in [-0.2, 0) is 10.0 Å². The first-order valence-corrected chi connectivity index (χ1v) is 6.61. The van der Waals surface area contributed by atoms with Gasteiger partial charge in [-0.25, -0.2) is 13.4 Å². The maximum Gasteiger partial charge on any atom is 0.244 e. The summed E-state index contributed by atoms with van der Waals surface area (Å²) in [6, 6.07) is 0. The van der Waals surface area contributed by atoms with Gasteiger partial charge in [-0.15, -0.1) is 11.3 Å². The summed E-state index contributed by atoms with van der Waals surface area (Å²) in [7, 11) is -3.24. The summed E-state index contributed by atoms with van der Waals surface area (Å²) < 4.78 is 24.2. The monoisotopic (exact) mass is 270 g/mol. The van der Waals surface area contributed by atoms with Crippen LogP contribution in [0.2, 0.25) is 0 Å². The molecule has 0 bridgehead atoms. The zero-order chi connectivity index (χ0) is 9.19. The van der Waals surface area contributed by atoms with Gasteiger partial charge in [-0.2, -0.15) is 0 Å². The summed E-state index contributed by atoms with van der Waals surface area (Å²) in [5.74, 6) is 0. The molecule has 0 aliphatic heterocycles. The van der Waals surface area contributed by atoms with Crippen molar-refractivity contribution < 1.29 is 8.42 Å². The number of alkyl halides is 1. The van der Waals surface area contributed by atoms with Gasteiger partial charge in [0.25, 0.3) is 0 Å². The zero-order valence-corrected chi connectivity index (χ0v) is 9.46. The highest BCUT2D eigenvalue weighted by atomic mass is 79.9. The molecule has 0 radical (unpaired) electrons. The number of thiazole rings is 1. The standard InChI is InChI=1S/C5H7BrN2O2S2/c1-4-2-7-5(11-4)8-12(9,10)3-6/h2H,3H2,1H3,(H,7,8). The number of rotatable bonds is 3. The number of aromatic nitrogens is 1. The highest BCUT2D eigenvalue weighted by Crippen LogP contribution is 2.18. The highest BCUT2D eigenvalue weighted by Gasteiger charge is 2.09. The van der Waals surface area contributed by atoms with Crippen molar-refractivity contribution in [1.82, 2.24) is 4.98 Å². The third-order valence-corrected chi connectivity index (χ3v) is 4.57. The summed E-state index contributed by atoms with van der Waals surface area (Å²) in [4.78, 5) is 4.83. The van der Waals surface area contributed by atoms with E-state index in [9.17, 15) is 8.42 Å². The van der Waals surface area contributed by atoms with Crippen LogP contribution in [0, 0.1) is 6.92 Å². The van der Waals surface area contributed by atoms with Crippen LogP contribution in [0.25, 0.3) is 0 Å². The van der Waals surface area contributed by atoms with Crippen LogP contribution in [0.15, 0.2) is 6.20 Å². The third-order valence-electron chi connectivity index (χ3n) is 1.01. The van der Waals surface area contributed by atoms with Crippen molar-refractivity contribution in [3.63, 3.8) is 0 Å². The Morgan fingerprint density at radius 1 is 1.75 bits per heavy atom. The van der Waals surface area contributed by atoms with Gasteiger partial charge >= 0.3 is 0 Å². The van der Waals surface area contributed by atoms with Crippen LogP contribution in [0.5, 0.6) is 0 Å². The first-order valence-electron chi connectivity index (χ1n) is 3.02. The highest BCUT2D eigenvalue weighted by molar-refractivity contribution is 9.10. The number of halogens is 1. The quantitative estimate of drug-likeness (QED) is 0.848. The zero-order valence-electron chi connectivity index (χ0n) is 6.24. The number of hydrogen-bond acceptors (Lipinski definition) is 4. The molecule has 1 aromatic rings. The van der Waals surface area contributed by atoms with Gasteiger partial charge in [0.05, 0.1) is 0 Å². The lowest BCUT2D eigenvalue weighted by atomic mass is 10.7. The van der Waals surface area contributed by atoms with Gasteiger partial charge in [0, 0.05) is 11.1 Å². The van der Waals surface area contributed by atoms with Crippen LogP contribution in [-0.4, -0.2) is 18.1 Å². The molecule has 0 atom stereocenters. The van der Waals surface area contributed by atoms with Gasteiger partial charge in [-0.1, -0.05) is 15.9 Å². The molecule has 4 nitrogen and oxygen atoms in total. The normalized spacial score (nSPS) is 11.5. The van der Waals surface area contributed by atoms with Gasteiger partial charge < -0.3 is 0 Å². The van der Waals surface area contributed by atoms with Crippen molar-refractivity contribution in [3.8, 4) is 0 Å². The van der Waals surface area contributed by atoms with Gasteiger partial charge in [-0.3, -0.25) is 4.72 Å². The summed E-state index contributed by atoms with van der Waals surface area (Å²) in [5.41, 5.74) is 0. The summed E-state index contributed by atoms with van der Waals surface area (Å²) in [5, 5.41) is 0.409. The van der Waals surface area contributed by atoms with Crippen LogP contribution in [0.4, 0.5) is 5.13 Å². The predicted octanol–water partition coefficient (Wildman–Crippen LogP) is 1.55. The van der Waals surface area contributed by atoms with Crippen molar-refractivity contribution in [1.29, 1.82) is 0 Å². The minimum Gasteiger partial charge on any atom is -0.258 e. The molecule has 0 fully saturated rings. The molecule has 1 N–H and O–H groups in total. The molecule has 0 saturated heterocycles. The van der Waals surface area contributed by atoms with Crippen molar-refractivity contribution in [3.05, 3.63) is 11.1 Å². The molecule has 0 saturated carbocycles. The molecule has 0 unspecified atom stereocenters. The van der Waals surface area contributed by atoms with E-state index in [0.717, 1.165) is 4.88 Å². The molecule has 68 valence electrons. The van der Waals surface area contributed by atoms with Crippen LogP contribution in [0.3, 0.4) is 0 Å². The second kappa shape index (κ2) is 3.71. The minimum absolute atomic E-state index is 0.112. The number of nitrogens with zero attached hydrogens (tertiary/aromatic N) is 1. The summed E-state index contributed by atoms with van der Waals surface area (Å²) in [6.45, 7) is 1.86. The molecule has 0 aromatic carbocycles. The largest absolute Gasteiger partial charge is 0.258 e. The lowest BCUT2D eigenvalue weighted by Gasteiger charge is -1.98. The Hall–Kier alpha value is -0.140. The smallest absolute Gasteiger partial charge is 0.244 e. The number of aryl methyl sites for hydroxylation is 1. The van der Waals surface area contributed by atoms with Crippen molar-refractivity contribution in [2.75, 3.05) is 9.38 Å². The SMILES string of the molecule is Cc1cnc(NS(=O)(=O)CBr)s1. The minimum atomic E-state index is -3.24. The van der Waals surface area contributed by atoms with E-state index in [0.29, 0.717) is 5.13 Å². The number of anilines is 1. The molecular weight excluding hydrogens is 264 g/mol. The van der Waals surface area contributed by atoms with E-state index >= 15 is 0 Å². The molecule has 0 aliphatic rings. The van der Waals surface area contributed by atoms with Crippen LogP contribution >= 0.6 is 27.3 Å². The van der Waals surface area contributed by atoms with Gasteiger partial charge in [0.2, 0.25) is 10.0 Å². The number of nitrogens with one attached hydrogen (secondary N) is 1. The van der Waals surface area contributed by atoms with E-state index in [4.69, 9.17) is 0 Å². The molecule has 7 heteroatoms. The summed E-state index contributed by atoms with van der Waals surface area (Å²) in [6.07, 6.45) is 1.62. The lowest BCUT2D eigenvalue weighted by molar-refractivity contribution is 0.606. The second-order valence-electron chi connectivity index (χ2n) is 2.10. The predicted molar refractivity (Wildman–Crippen MR) is 53.2 cm³/mol. The first-order chi connectivity index (χ1) is 5.53. The fourth-order valence-corrected chi connectivity index (χ4v) is 2.34. The topological polar surface area (TPSA) is 59.1 Å². The van der Waals surface area contributed by atoms with Crippen LogP contribution in [0.1, 0.15) is 4.88 Å². The second-order valence-corrected chi connectivity index (χ2v) is 6.36. The fourth-order valence-electron chi connectivity index (χ4n) is 0.562. The maximum atomic E-state index is 11.0. The summed E-state index contributed by atoms with van der Waals surface area (Å²) >= 11 is 4.17.